The third kappa shape index (κ3) is 6.36. The summed E-state index contributed by atoms with van der Waals surface area (Å²) in [5.74, 6) is -0.118. The van der Waals surface area contributed by atoms with Gasteiger partial charge in [-0.25, -0.2) is 13.1 Å². The molecule has 0 spiro atoms. The molecule has 0 atom stereocenters. The normalized spacial score (nSPS) is 11.3. The summed E-state index contributed by atoms with van der Waals surface area (Å²) in [4.78, 5) is 12.2. The van der Waals surface area contributed by atoms with E-state index in [2.05, 4.69) is 26.0 Å². The van der Waals surface area contributed by atoms with Crippen LogP contribution >= 0.6 is 39.1 Å². The van der Waals surface area contributed by atoms with Gasteiger partial charge in [-0.2, -0.15) is 0 Å². The van der Waals surface area contributed by atoms with Gasteiger partial charge in [0.1, 0.15) is 0 Å². The van der Waals surface area contributed by atoms with E-state index in [0.717, 1.165) is 0 Å². The van der Waals surface area contributed by atoms with Gasteiger partial charge >= 0.3 is 0 Å². The molecule has 27 heavy (non-hydrogen) atoms. The molecule has 0 heterocycles. The lowest BCUT2D eigenvalue weighted by molar-refractivity contribution is -0.118. The third-order valence-electron chi connectivity index (χ3n) is 3.30. The van der Waals surface area contributed by atoms with E-state index in [4.69, 9.17) is 27.9 Å². The molecule has 0 saturated heterocycles. The SMILES string of the molecule is CCCNS(=O)(=O)c1ccc(NC(=O)COc2c(Cl)cc(Cl)cc2Br)cc1. The fourth-order valence-corrected chi connectivity index (χ4v) is 4.54. The highest BCUT2D eigenvalue weighted by Crippen LogP contribution is 2.36. The van der Waals surface area contributed by atoms with Crippen LogP contribution in [0.3, 0.4) is 0 Å². The van der Waals surface area contributed by atoms with Gasteiger partial charge in [-0.05, 0) is 58.7 Å². The molecule has 0 saturated carbocycles. The Balaban J connectivity index is 1.97. The van der Waals surface area contributed by atoms with Gasteiger partial charge in [0.15, 0.2) is 12.4 Å². The first kappa shape index (κ1) is 22.0. The molecule has 2 aromatic carbocycles. The number of hydrogen-bond donors (Lipinski definition) is 2. The zero-order valence-corrected chi connectivity index (χ0v) is 18.2. The molecule has 2 N–H and O–H groups in total. The highest BCUT2D eigenvalue weighted by Gasteiger charge is 2.14. The number of sulfonamides is 1. The largest absolute Gasteiger partial charge is 0.481 e. The average Bonchev–Trinajstić information content (AvgIpc) is 2.59. The number of anilines is 1. The van der Waals surface area contributed by atoms with Gasteiger partial charge in [-0.3, -0.25) is 4.79 Å². The Bertz CT molecular complexity index is 898. The van der Waals surface area contributed by atoms with Crippen LogP contribution in [0.15, 0.2) is 45.8 Å². The van der Waals surface area contributed by atoms with Crippen molar-refractivity contribution in [1.29, 1.82) is 0 Å². The van der Waals surface area contributed by atoms with Gasteiger partial charge in [0.25, 0.3) is 5.91 Å². The van der Waals surface area contributed by atoms with Gasteiger partial charge in [0, 0.05) is 17.3 Å². The third-order valence-corrected chi connectivity index (χ3v) is 5.87. The number of halogens is 3. The Hall–Kier alpha value is -1.32. The molecule has 0 aliphatic carbocycles. The van der Waals surface area contributed by atoms with E-state index in [1.807, 2.05) is 6.92 Å². The molecule has 10 heteroatoms. The van der Waals surface area contributed by atoms with E-state index in [1.54, 1.807) is 6.07 Å². The molecule has 2 aromatic rings. The first-order chi connectivity index (χ1) is 12.7. The summed E-state index contributed by atoms with van der Waals surface area (Å²) >= 11 is 15.2. The molecule has 0 aromatic heterocycles. The highest BCUT2D eigenvalue weighted by molar-refractivity contribution is 9.10. The van der Waals surface area contributed by atoms with Crippen molar-refractivity contribution in [3.63, 3.8) is 0 Å². The monoisotopic (exact) mass is 494 g/mol. The van der Waals surface area contributed by atoms with Crippen molar-refractivity contribution < 1.29 is 17.9 Å². The van der Waals surface area contributed by atoms with Crippen molar-refractivity contribution in [1.82, 2.24) is 4.72 Å². The van der Waals surface area contributed by atoms with Crippen LogP contribution in [-0.4, -0.2) is 27.5 Å². The maximum absolute atomic E-state index is 12.0. The summed E-state index contributed by atoms with van der Waals surface area (Å²) in [5, 5.41) is 3.33. The minimum absolute atomic E-state index is 0.127. The number of hydrogen-bond acceptors (Lipinski definition) is 4. The van der Waals surface area contributed by atoms with Crippen LogP contribution in [0.5, 0.6) is 5.75 Å². The van der Waals surface area contributed by atoms with Crippen molar-refractivity contribution >= 4 is 60.7 Å². The first-order valence-corrected chi connectivity index (χ1v) is 10.9. The van der Waals surface area contributed by atoms with E-state index in [9.17, 15) is 13.2 Å². The second-order valence-corrected chi connectivity index (χ2v) is 8.92. The first-order valence-electron chi connectivity index (χ1n) is 7.90. The minimum Gasteiger partial charge on any atom is -0.481 e. The number of amides is 1. The van der Waals surface area contributed by atoms with E-state index < -0.39 is 15.9 Å². The lowest BCUT2D eigenvalue weighted by Crippen LogP contribution is -2.24. The quantitative estimate of drug-likeness (QED) is 0.566. The molecular formula is C17H17BrCl2N2O4S. The highest BCUT2D eigenvalue weighted by atomic mass is 79.9. The van der Waals surface area contributed by atoms with Crippen LogP contribution in [0.25, 0.3) is 0 Å². The molecular weight excluding hydrogens is 479 g/mol. The van der Waals surface area contributed by atoms with E-state index in [-0.39, 0.29) is 16.5 Å². The number of nitrogens with one attached hydrogen (secondary N) is 2. The number of carbonyl (C=O) groups excluding carboxylic acids is 1. The maximum atomic E-state index is 12.0. The molecule has 146 valence electrons. The number of benzene rings is 2. The Morgan fingerprint density at radius 2 is 1.85 bits per heavy atom. The van der Waals surface area contributed by atoms with Crippen LogP contribution in [0.2, 0.25) is 10.0 Å². The van der Waals surface area contributed by atoms with Gasteiger partial charge in [0.05, 0.1) is 14.4 Å². The molecule has 1 amide bonds. The Morgan fingerprint density at radius 1 is 1.19 bits per heavy atom. The van der Waals surface area contributed by atoms with Crippen molar-refractivity contribution in [2.24, 2.45) is 0 Å². The van der Waals surface area contributed by atoms with Crippen LogP contribution < -0.4 is 14.8 Å². The Morgan fingerprint density at radius 3 is 2.44 bits per heavy atom. The second kappa shape index (κ2) is 9.75. The van der Waals surface area contributed by atoms with Crippen molar-refractivity contribution in [3.05, 3.63) is 50.9 Å². The van der Waals surface area contributed by atoms with Crippen LogP contribution in [0.1, 0.15) is 13.3 Å². The molecule has 0 bridgehead atoms. The molecule has 2 rings (SSSR count). The van der Waals surface area contributed by atoms with Gasteiger partial charge in [0.2, 0.25) is 10.0 Å². The van der Waals surface area contributed by atoms with E-state index >= 15 is 0 Å². The number of ether oxygens (including phenoxy) is 1. The smallest absolute Gasteiger partial charge is 0.262 e. The van der Waals surface area contributed by atoms with Crippen LogP contribution in [0, 0.1) is 0 Å². The second-order valence-electron chi connectivity index (χ2n) is 5.46. The van der Waals surface area contributed by atoms with Gasteiger partial charge in [-0.1, -0.05) is 30.1 Å². The van der Waals surface area contributed by atoms with Crippen molar-refractivity contribution in [2.75, 3.05) is 18.5 Å². The molecule has 0 fully saturated rings. The predicted molar refractivity (Wildman–Crippen MR) is 110 cm³/mol. The summed E-state index contributed by atoms with van der Waals surface area (Å²) in [6.45, 7) is 1.96. The summed E-state index contributed by atoms with van der Waals surface area (Å²) in [7, 11) is -3.55. The van der Waals surface area contributed by atoms with Gasteiger partial charge < -0.3 is 10.1 Å². The summed E-state index contributed by atoms with van der Waals surface area (Å²) in [6, 6.07) is 8.95. The molecule has 0 aliphatic heterocycles. The molecule has 0 radical (unpaired) electrons. The predicted octanol–water partition coefficient (Wildman–Crippen LogP) is 4.46. The fraction of sp³-hybridized carbons (Fsp3) is 0.235. The fourth-order valence-electron chi connectivity index (χ4n) is 2.04. The number of carbonyl (C=O) groups is 1. The molecule has 0 aliphatic rings. The van der Waals surface area contributed by atoms with Crippen LogP contribution in [0.4, 0.5) is 5.69 Å². The zero-order chi connectivity index (χ0) is 20.0. The van der Waals surface area contributed by atoms with Gasteiger partial charge in [-0.15, -0.1) is 0 Å². The lowest BCUT2D eigenvalue weighted by atomic mass is 10.3. The summed E-state index contributed by atoms with van der Waals surface area (Å²) in [6.07, 6.45) is 0.696. The summed E-state index contributed by atoms with van der Waals surface area (Å²) < 4.78 is 32.5. The average molecular weight is 496 g/mol. The van der Waals surface area contributed by atoms with Crippen molar-refractivity contribution in [3.8, 4) is 5.75 Å². The number of rotatable bonds is 8. The zero-order valence-electron chi connectivity index (χ0n) is 14.3. The topological polar surface area (TPSA) is 84.5 Å². The maximum Gasteiger partial charge on any atom is 0.262 e. The molecule has 6 nitrogen and oxygen atoms in total. The summed E-state index contributed by atoms with van der Waals surface area (Å²) in [5.41, 5.74) is 0.444. The van der Waals surface area contributed by atoms with E-state index in [1.165, 1.54) is 30.3 Å². The van der Waals surface area contributed by atoms with E-state index in [0.29, 0.717) is 33.9 Å². The minimum atomic E-state index is -3.55. The lowest BCUT2D eigenvalue weighted by Gasteiger charge is -2.11. The van der Waals surface area contributed by atoms with Crippen LogP contribution in [-0.2, 0) is 14.8 Å². The Kier molecular flexibility index (Phi) is 7.93. The van der Waals surface area contributed by atoms with Crippen molar-refractivity contribution in [2.45, 2.75) is 18.2 Å². The molecule has 0 unspecified atom stereocenters. The Labute approximate surface area is 176 Å². The standard InChI is InChI=1S/C17H17BrCl2N2O4S/c1-2-7-21-27(24,25)13-5-3-12(4-6-13)22-16(23)10-26-17-14(18)8-11(19)9-15(17)20/h3-6,8-9,21H,2,7,10H2,1H3,(H,22,23).